The third-order valence-electron chi connectivity index (χ3n) is 5.32. The topological polar surface area (TPSA) is 59.7 Å². The fourth-order valence-electron chi connectivity index (χ4n) is 3.58. The van der Waals surface area contributed by atoms with Crippen LogP contribution >= 0.6 is 23.8 Å². The van der Waals surface area contributed by atoms with Crippen LogP contribution in [0.3, 0.4) is 0 Å². The third kappa shape index (κ3) is 5.18. The number of halogens is 1. The number of aromatic nitrogens is 4. The highest BCUT2D eigenvalue weighted by molar-refractivity contribution is 7.80. The van der Waals surface area contributed by atoms with Gasteiger partial charge in [0.2, 0.25) is 0 Å². The molecular formula is C24H25ClN6S. The lowest BCUT2D eigenvalue weighted by Gasteiger charge is -2.10. The Hall–Kier alpha value is -3.16. The molecule has 0 bridgehead atoms. The zero-order valence-electron chi connectivity index (χ0n) is 18.3. The standard InChI is InChI=1S/C24H25ClN6S/c1-16-7-4-5-9-20(16)15-30-12-11-22(29-30)26-24(32)27-23-17(2)28-31(18(23)3)14-19-8-6-10-21(25)13-19/h4-13H,14-15H2,1-3H3,(H2,26,27,29,32). The van der Waals surface area contributed by atoms with Crippen molar-refractivity contribution in [3.05, 3.63) is 93.9 Å². The number of hydrogen-bond donors (Lipinski definition) is 2. The van der Waals surface area contributed by atoms with Crippen LogP contribution in [-0.2, 0) is 13.1 Å². The average Bonchev–Trinajstić information content (AvgIpc) is 3.29. The first-order valence-corrected chi connectivity index (χ1v) is 11.1. The molecule has 4 aromatic rings. The van der Waals surface area contributed by atoms with E-state index < -0.39 is 0 Å². The maximum absolute atomic E-state index is 6.11. The maximum Gasteiger partial charge on any atom is 0.176 e. The van der Waals surface area contributed by atoms with Gasteiger partial charge in [-0.2, -0.15) is 10.2 Å². The lowest BCUT2D eigenvalue weighted by atomic mass is 10.1. The van der Waals surface area contributed by atoms with E-state index in [0.717, 1.165) is 27.7 Å². The lowest BCUT2D eigenvalue weighted by Crippen LogP contribution is -2.20. The second-order valence-corrected chi connectivity index (χ2v) is 8.58. The molecule has 0 fully saturated rings. The van der Waals surface area contributed by atoms with Crippen LogP contribution in [0.2, 0.25) is 5.02 Å². The average molecular weight is 465 g/mol. The minimum absolute atomic E-state index is 0.472. The monoisotopic (exact) mass is 464 g/mol. The molecule has 0 aliphatic rings. The fourth-order valence-corrected chi connectivity index (χ4v) is 4.00. The lowest BCUT2D eigenvalue weighted by molar-refractivity contribution is 0.659. The predicted molar refractivity (Wildman–Crippen MR) is 135 cm³/mol. The molecule has 0 saturated heterocycles. The van der Waals surface area contributed by atoms with Gasteiger partial charge in [0.15, 0.2) is 10.9 Å². The summed E-state index contributed by atoms with van der Waals surface area (Å²) in [5.41, 5.74) is 6.34. The Bertz CT molecular complexity index is 1260. The molecule has 164 valence electrons. The van der Waals surface area contributed by atoms with Gasteiger partial charge in [0.05, 0.1) is 30.2 Å². The van der Waals surface area contributed by atoms with Crippen molar-refractivity contribution in [3.8, 4) is 0 Å². The summed E-state index contributed by atoms with van der Waals surface area (Å²) in [5, 5.41) is 16.9. The van der Waals surface area contributed by atoms with Crippen LogP contribution in [0.5, 0.6) is 0 Å². The van der Waals surface area contributed by atoms with Crippen LogP contribution in [0, 0.1) is 20.8 Å². The summed E-state index contributed by atoms with van der Waals surface area (Å²) in [7, 11) is 0. The van der Waals surface area contributed by atoms with Crippen molar-refractivity contribution in [1.82, 2.24) is 19.6 Å². The van der Waals surface area contributed by atoms with Gasteiger partial charge >= 0.3 is 0 Å². The Morgan fingerprint density at radius 1 is 0.969 bits per heavy atom. The zero-order valence-corrected chi connectivity index (χ0v) is 19.8. The molecule has 0 aliphatic carbocycles. The quantitative estimate of drug-likeness (QED) is 0.365. The number of rotatable bonds is 6. The van der Waals surface area contributed by atoms with E-state index in [1.165, 1.54) is 11.1 Å². The van der Waals surface area contributed by atoms with Crippen molar-refractivity contribution in [2.75, 3.05) is 10.6 Å². The smallest absolute Gasteiger partial charge is 0.176 e. The first-order valence-electron chi connectivity index (χ1n) is 10.3. The Balaban J connectivity index is 1.41. The largest absolute Gasteiger partial charge is 0.329 e. The van der Waals surface area contributed by atoms with Crippen LogP contribution in [0.4, 0.5) is 11.5 Å². The summed E-state index contributed by atoms with van der Waals surface area (Å²) in [4.78, 5) is 0. The first-order chi connectivity index (χ1) is 15.4. The highest BCUT2D eigenvalue weighted by atomic mass is 35.5. The molecule has 0 saturated carbocycles. The van der Waals surface area contributed by atoms with Crippen molar-refractivity contribution in [2.45, 2.75) is 33.9 Å². The second kappa shape index (κ2) is 9.54. The van der Waals surface area contributed by atoms with Crippen molar-refractivity contribution in [1.29, 1.82) is 0 Å². The first kappa shape index (κ1) is 22.0. The van der Waals surface area contributed by atoms with E-state index >= 15 is 0 Å². The van der Waals surface area contributed by atoms with Crippen molar-refractivity contribution >= 4 is 40.4 Å². The highest BCUT2D eigenvalue weighted by Gasteiger charge is 2.14. The van der Waals surface area contributed by atoms with Crippen molar-refractivity contribution in [2.24, 2.45) is 0 Å². The Labute approximate surface area is 198 Å². The number of thiocarbonyl (C=S) groups is 1. The van der Waals surface area contributed by atoms with E-state index in [2.05, 4.69) is 39.9 Å². The van der Waals surface area contributed by atoms with Crippen LogP contribution in [0.25, 0.3) is 0 Å². The molecule has 8 heteroatoms. The summed E-state index contributed by atoms with van der Waals surface area (Å²) in [5.74, 6) is 0.692. The van der Waals surface area contributed by atoms with Gasteiger partial charge < -0.3 is 10.6 Å². The Morgan fingerprint density at radius 2 is 1.78 bits per heavy atom. The highest BCUT2D eigenvalue weighted by Crippen LogP contribution is 2.22. The molecule has 6 nitrogen and oxygen atoms in total. The third-order valence-corrected chi connectivity index (χ3v) is 5.76. The van der Waals surface area contributed by atoms with Gasteiger partial charge in [0.25, 0.3) is 0 Å². The molecule has 0 amide bonds. The van der Waals surface area contributed by atoms with Crippen LogP contribution in [0.15, 0.2) is 60.8 Å². The molecular weight excluding hydrogens is 440 g/mol. The van der Waals surface area contributed by atoms with Crippen molar-refractivity contribution < 1.29 is 0 Å². The molecule has 4 rings (SSSR count). The zero-order chi connectivity index (χ0) is 22.7. The Morgan fingerprint density at radius 3 is 2.56 bits per heavy atom. The maximum atomic E-state index is 6.11. The van der Waals surface area contributed by atoms with Gasteiger partial charge in [0.1, 0.15) is 0 Å². The van der Waals surface area contributed by atoms with E-state index in [-0.39, 0.29) is 0 Å². The van der Waals surface area contributed by atoms with E-state index in [9.17, 15) is 0 Å². The van der Waals surface area contributed by atoms with Gasteiger partial charge in [-0.3, -0.25) is 9.36 Å². The molecule has 0 radical (unpaired) electrons. The van der Waals surface area contributed by atoms with E-state index in [0.29, 0.717) is 24.0 Å². The summed E-state index contributed by atoms with van der Waals surface area (Å²) in [6.45, 7) is 7.44. The summed E-state index contributed by atoms with van der Waals surface area (Å²) in [6.07, 6.45) is 1.94. The van der Waals surface area contributed by atoms with Crippen LogP contribution in [0.1, 0.15) is 28.1 Å². The number of anilines is 2. The van der Waals surface area contributed by atoms with Gasteiger partial charge in [0, 0.05) is 17.3 Å². The number of benzene rings is 2. The van der Waals surface area contributed by atoms with Crippen LogP contribution in [-0.4, -0.2) is 24.7 Å². The molecule has 32 heavy (non-hydrogen) atoms. The molecule has 2 aromatic heterocycles. The molecule has 2 heterocycles. The van der Waals surface area contributed by atoms with E-state index in [4.69, 9.17) is 23.8 Å². The number of nitrogens with one attached hydrogen (secondary N) is 2. The minimum atomic E-state index is 0.472. The van der Waals surface area contributed by atoms with Gasteiger partial charge in [-0.15, -0.1) is 0 Å². The second-order valence-electron chi connectivity index (χ2n) is 7.74. The molecule has 0 aliphatic heterocycles. The molecule has 0 atom stereocenters. The van der Waals surface area contributed by atoms with E-state index in [1.807, 2.05) is 71.9 Å². The van der Waals surface area contributed by atoms with Gasteiger partial charge in [-0.25, -0.2) is 0 Å². The van der Waals surface area contributed by atoms with E-state index in [1.54, 1.807) is 0 Å². The number of hydrogen-bond acceptors (Lipinski definition) is 3. The van der Waals surface area contributed by atoms with Gasteiger partial charge in [-0.05, 0) is 61.8 Å². The normalized spacial score (nSPS) is 10.9. The summed E-state index contributed by atoms with van der Waals surface area (Å²) in [6, 6.07) is 18.0. The molecule has 0 unspecified atom stereocenters. The van der Waals surface area contributed by atoms with Gasteiger partial charge in [-0.1, -0.05) is 48.0 Å². The van der Waals surface area contributed by atoms with Crippen LogP contribution < -0.4 is 10.6 Å². The Kier molecular flexibility index (Phi) is 6.58. The minimum Gasteiger partial charge on any atom is -0.329 e. The SMILES string of the molecule is Cc1ccccc1Cn1ccc(NC(=S)Nc2c(C)nn(Cc3cccc(Cl)c3)c2C)n1. The molecule has 2 aromatic carbocycles. The number of aryl methyl sites for hydroxylation is 2. The van der Waals surface area contributed by atoms with Crippen molar-refractivity contribution in [3.63, 3.8) is 0 Å². The summed E-state index contributed by atoms with van der Waals surface area (Å²) >= 11 is 11.6. The molecule has 0 spiro atoms. The number of nitrogens with zero attached hydrogens (tertiary/aromatic N) is 4. The molecule has 2 N–H and O–H groups in total. The fraction of sp³-hybridized carbons (Fsp3) is 0.208. The predicted octanol–water partition coefficient (Wildman–Crippen LogP) is 5.56. The summed E-state index contributed by atoms with van der Waals surface area (Å²) < 4.78 is 3.84.